The number of H-pyrrole nitrogens is 1. The topological polar surface area (TPSA) is 58.2 Å². The number of aromatic amines is 1. The van der Waals surface area contributed by atoms with Gasteiger partial charge in [-0.05, 0) is 35.7 Å². The number of fused-ring (bicyclic) bond motifs is 1. The fraction of sp³-hybridized carbons (Fsp3) is 0.304. The standard InChI is InChI=1S/C23H24ClN3O2/c1-15(2)16-5-4-8-19(12-16)29-14-22(28)27-10-9-21-20(13-27)23(26-25-21)17-6-3-7-18(24)11-17/h3-8,11-12,15H,9-10,13-14H2,1-2H3,(H,25,26). The number of aromatic nitrogens is 2. The number of amides is 1. The fourth-order valence-corrected chi connectivity index (χ4v) is 3.77. The Kier molecular flexibility index (Phi) is 5.58. The van der Waals surface area contributed by atoms with E-state index < -0.39 is 0 Å². The molecule has 0 radical (unpaired) electrons. The van der Waals surface area contributed by atoms with Crippen molar-refractivity contribution in [3.63, 3.8) is 0 Å². The van der Waals surface area contributed by atoms with Crippen LogP contribution in [0.15, 0.2) is 48.5 Å². The Morgan fingerprint density at radius 3 is 2.86 bits per heavy atom. The van der Waals surface area contributed by atoms with Crippen LogP contribution in [0.3, 0.4) is 0 Å². The molecule has 5 nitrogen and oxygen atoms in total. The van der Waals surface area contributed by atoms with Crippen molar-refractivity contribution in [3.8, 4) is 17.0 Å². The number of carbonyl (C=O) groups excluding carboxylic acids is 1. The second kappa shape index (κ2) is 8.29. The van der Waals surface area contributed by atoms with E-state index in [1.165, 1.54) is 5.56 Å². The summed E-state index contributed by atoms with van der Waals surface area (Å²) in [6.07, 6.45) is 0.747. The van der Waals surface area contributed by atoms with Gasteiger partial charge in [-0.2, -0.15) is 5.10 Å². The van der Waals surface area contributed by atoms with Crippen molar-refractivity contribution in [1.82, 2.24) is 15.1 Å². The SMILES string of the molecule is CC(C)c1cccc(OCC(=O)N2CCc3[nH]nc(-c4cccc(Cl)c4)c3C2)c1. The maximum atomic E-state index is 12.8. The number of hydrogen-bond acceptors (Lipinski definition) is 3. The Balaban J connectivity index is 1.45. The van der Waals surface area contributed by atoms with Crippen molar-refractivity contribution in [2.24, 2.45) is 0 Å². The minimum atomic E-state index is -0.0242. The van der Waals surface area contributed by atoms with Crippen LogP contribution in [0.4, 0.5) is 0 Å². The summed E-state index contributed by atoms with van der Waals surface area (Å²) in [5.74, 6) is 1.12. The lowest BCUT2D eigenvalue weighted by Crippen LogP contribution is -2.38. The largest absolute Gasteiger partial charge is 0.484 e. The van der Waals surface area contributed by atoms with E-state index in [9.17, 15) is 4.79 Å². The van der Waals surface area contributed by atoms with Gasteiger partial charge in [0.25, 0.3) is 5.91 Å². The molecule has 1 N–H and O–H groups in total. The number of nitrogens with zero attached hydrogens (tertiary/aromatic N) is 2. The zero-order chi connectivity index (χ0) is 20.4. The van der Waals surface area contributed by atoms with Gasteiger partial charge in [-0.1, -0.05) is 49.7 Å². The molecule has 0 bridgehead atoms. The van der Waals surface area contributed by atoms with E-state index in [2.05, 4.69) is 30.1 Å². The van der Waals surface area contributed by atoms with E-state index in [1.807, 2.05) is 47.4 Å². The zero-order valence-electron chi connectivity index (χ0n) is 16.6. The van der Waals surface area contributed by atoms with Crippen molar-refractivity contribution in [3.05, 3.63) is 70.4 Å². The number of rotatable bonds is 5. The lowest BCUT2D eigenvalue weighted by atomic mass is 10.0. The molecule has 1 aromatic heterocycles. The van der Waals surface area contributed by atoms with Crippen molar-refractivity contribution in [2.45, 2.75) is 32.7 Å². The lowest BCUT2D eigenvalue weighted by molar-refractivity contribution is -0.134. The average Bonchev–Trinajstić information content (AvgIpc) is 3.15. The summed E-state index contributed by atoms with van der Waals surface area (Å²) >= 11 is 6.14. The summed E-state index contributed by atoms with van der Waals surface area (Å²) in [6, 6.07) is 15.5. The number of ether oxygens (including phenoxy) is 1. The van der Waals surface area contributed by atoms with Gasteiger partial charge < -0.3 is 9.64 Å². The van der Waals surface area contributed by atoms with E-state index in [0.29, 0.717) is 24.0 Å². The molecule has 0 saturated heterocycles. The minimum Gasteiger partial charge on any atom is -0.484 e. The number of benzene rings is 2. The highest BCUT2D eigenvalue weighted by Crippen LogP contribution is 2.30. The Hall–Kier alpha value is -2.79. The highest BCUT2D eigenvalue weighted by atomic mass is 35.5. The maximum Gasteiger partial charge on any atom is 0.260 e. The number of carbonyl (C=O) groups is 1. The first-order valence-electron chi connectivity index (χ1n) is 9.84. The molecule has 3 aromatic rings. The molecule has 29 heavy (non-hydrogen) atoms. The first kappa shape index (κ1) is 19.5. The second-order valence-electron chi connectivity index (χ2n) is 7.62. The number of halogens is 1. The van der Waals surface area contributed by atoms with Gasteiger partial charge in [0.05, 0.1) is 5.69 Å². The molecule has 0 unspecified atom stereocenters. The summed E-state index contributed by atoms with van der Waals surface area (Å²) in [5, 5.41) is 8.25. The molecule has 6 heteroatoms. The molecule has 1 aliphatic heterocycles. The normalized spacial score (nSPS) is 13.4. The van der Waals surface area contributed by atoms with Gasteiger partial charge in [-0.25, -0.2) is 0 Å². The Labute approximate surface area is 175 Å². The molecule has 0 saturated carbocycles. The predicted octanol–water partition coefficient (Wildman–Crippen LogP) is 4.82. The molecule has 0 spiro atoms. The van der Waals surface area contributed by atoms with Crippen LogP contribution in [0, 0.1) is 0 Å². The third-order valence-electron chi connectivity index (χ3n) is 5.27. The van der Waals surface area contributed by atoms with Crippen molar-refractivity contribution in [2.75, 3.05) is 13.2 Å². The quantitative estimate of drug-likeness (QED) is 0.657. The molecule has 0 aliphatic carbocycles. The highest BCUT2D eigenvalue weighted by molar-refractivity contribution is 6.30. The molecule has 0 atom stereocenters. The third kappa shape index (κ3) is 4.30. The summed E-state index contributed by atoms with van der Waals surface area (Å²) in [5.41, 5.74) is 5.13. The van der Waals surface area contributed by atoms with Gasteiger partial charge in [0, 0.05) is 41.4 Å². The van der Waals surface area contributed by atoms with Gasteiger partial charge >= 0.3 is 0 Å². The van der Waals surface area contributed by atoms with Crippen molar-refractivity contribution in [1.29, 1.82) is 0 Å². The molecular weight excluding hydrogens is 386 g/mol. The monoisotopic (exact) mass is 409 g/mol. The van der Waals surface area contributed by atoms with E-state index in [0.717, 1.165) is 34.7 Å². The maximum absolute atomic E-state index is 12.8. The van der Waals surface area contributed by atoms with Gasteiger partial charge in [-0.15, -0.1) is 0 Å². The smallest absolute Gasteiger partial charge is 0.260 e. The van der Waals surface area contributed by atoms with Crippen LogP contribution in [0.1, 0.15) is 36.6 Å². The minimum absolute atomic E-state index is 0.0242. The molecule has 2 aromatic carbocycles. The van der Waals surface area contributed by atoms with Crippen LogP contribution in [0.2, 0.25) is 5.02 Å². The van der Waals surface area contributed by atoms with Gasteiger partial charge in [-0.3, -0.25) is 9.89 Å². The van der Waals surface area contributed by atoms with Crippen LogP contribution in [0.25, 0.3) is 11.3 Å². The van der Waals surface area contributed by atoms with Crippen LogP contribution < -0.4 is 4.74 Å². The van der Waals surface area contributed by atoms with E-state index >= 15 is 0 Å². The summed E-state index contributed by atoms with van der Waals surface area (Å²) < 4.78 is 5.78. The second-order valence-corrected chi connectivity index (χ2v) is 8.06. The Morgan fingerprint density at radius 2 is 2.07 bits per heavy atom. The van der Waals surface area contributed by atoms with Gasteiger partial charge in [0.15, 0.2) is 6.61 Å². The van der Waals surface area contributed by atoms with Gasteiger partial charge in [0.2, 0.25) is 0 Å². The highest BCUT2D eigenvalue weighted by Gasteiger charge is 2.26. The Bertz CT molecular complexity index is 1030. The molecule has 1 amide bonds. The molecule has 4 rings (SSSR count). The molecule has 0 fully saturated rings. The van der Waals surface area contributed by atoms with Gasteiger partial charge in [0.1, 0.15) is 5.75 Å². The first-order chi connectivity index (χ1) is 14.0. The number of hydrogen-bond donors (Lipinski definition) is 1. The molecule has 2 heterocycles. The lowest BCUT2D eigenvalue weighted by Gasteiger charge is -2.27. The zero-order valence-corrected chi connectivity index (χ0v) is 17.4. The number of nitrogens with one attached hydrogen (secondary N) is 1. The summed E-state index contributed by atoms with van der Waals surface area (Å²) in [6.45, 7) is 5.47. The summed E-state index contributed by atoms with van der Waals surface area (Å²) in [7, 11) is 0. The van der Waals surface area contributed by atoms with Crippen LogP contribution in [0.5, 0.6) is 5.75 Å². The van der Waals surface area contributed by atoms with E-state index in [1.54, 1.807) is 0 Å². The van der Waals surface area contributed by atoms with Crippen molar-refractivity contribution >= 4 is 17.5 Å². The predicted molar refractivity (Wildman–Crippen MR) is 114 cm³/mol. The summed E-state index contributed by atoms with van der Waals surface area (Å²) in [4.78, 5) is 14.6. The van der Waals surface area contributed by atoms with E-state index in [-0.39, 0.29) is 12.5 Å². The average molecular weight is 410 g/mol. The Morgan fingerprint density at radius 1 is 1.24 bits per heavy atom. The van der Waals surface area contributed by atoms with Crippen LogP contribution in [-0.4, -0.2) is 34.2 Å². The fourth-order valence-electron chi connectivity index (χ4n) is 3.58. The van der Waals surface area contributed by atoms with Crippen LogP contribution >= 0.6 is 11.6 Å². The van der Waals surface area contributed by atoms with Crippen LogP contribution in [-0.2, 0) is 17.8 Å². The molecular formula is C23H24ClN3O2. The first-order valence-corrected chi connectivity index (χ1v) is 10.2. The van der Waals surface area contributed by atoms with Crippen molar-refractivity contribution < 1.29 is 9.53 Å². The van der Waals surface area contributed by atoms with E-state index in [4.69, 9.17) is 16.3 Å². The molecule has 150 valence electrons. The third-order valence-corrected chi connectivity index (χ3v) is 5.51. The molecule has 1 aliphatic rings.